The highest BCUT2D eigenvalue weighted by atomic mass is 35.5. The second-order valence-electron chi connectivity index (χ2n) is 9.47. The van der Waals surface area contributed by atoms with Crippen LogP contribution in [0.5, 0.6) is 0 Å². The van der Waals surface area contributed by atoms with Gasteiger partial charge in [0.15, 0.2) is 0 Å². The number of rotatable bonds is 6. The maximum Gasteiger partial charge on any atom is 0.337 e. The van der Waals surface area contributed by atoms with Crippen LogP contribution in [0, 0.1) is 11.8 Å². The minimum atomic E-state index is -1.48. The van der Waals surface area contributed by atoms with E-state index in [1.54, 1.807) is 47.4 Å². The van der Waals surface area contributed by atoms with E-state index >= 15 is 4.39 Å². The molecule has 196 valence electrons. The number of esters is 1. The Morgan fingerprint density at radius 1 is 1.26 bits per heavy atom. The molecule has 0 saturated carbocycles. The molecule has 1 spiro atoms. The predicted octanol–water partition coefficient (Wildman–Crippen LogP) is 4.68. The third kappa shape index (κ3) is 4.32. The third-order valence-electron chi connectivity index (χ3n) is 7.28. The zero-order valence-electron chi connectivity index (χ0n) is 20.3. The van der Waals surface area contributed by atoms with Crippen LogP contribution in [0.4, 0.5) is 10.1 Å². The van der Waals surface area contributed by atoms with Crippen molar-refractivity contribution < 1.29 is 23.5 Å². The Morgan fingerprint density at radius 2 is 2.00 bits per heavy atom. The van der Waals surface area contributed by atoms with Gasteiger partial charge in [-0.3, -0.25) is 14.9 Å². The molecule has 3 aliphatic heterocycles. The number of anilines is 1. The second-order valence-corrected chi connectivity index (χ2v) is 10.4. The largest absolute Gasteiger partial charge is 0.465 e. The molecule has 5 rings (SSSR count). The number of carbonyl (C=O) groups excluding carboxylic acids is 3. The van der Waals surface area contributed by atoms with Crippen LogP contribution in [0.1, 0.15) is 21.5 Å². The van der Waals surface area contributed by atoms with E-state index in [1.165, 1.54) is 25.3 Å². The van der Waals surface area contributed by atoms with Crippen molar-refractivity contribution in [2.75, 3.05) is 19.0 Å². The van der Waals surface area contributed by atoms with Gasteiger partial charge in [0.05, 0.1) is 24.5 Å². The summed E-state index contributed by atoms with van der Waals surface area (Å²) in [6, 6.07) is 11.2. The Kier molecular flexibility index (Phi) is 6.90. The second kappa shape index (κ2) is 10.0. The number of methoxy groups -OCH3 is 1. The first-order chi connectivity index (χ1) is 18.1. The Labute approximate surface area is 228 Å². The number of fused-ring (bicyclic) bond motifs is 3. The first-order valence-electron chi connectivity index (χ1n) is 11.9. The molecule has 2 aromatic carbocycles. The number of benzene rings is 2. The molecule has 0 radical (unpaired) electrons. The lowest BCUT2D eigenvalue weighted by Crippen LogP contribution is -2.52. The summed E-state index contributed by atoms with van der Waals surface area (Å²) in [4.78, 5) is 40.6. The van der Waals surface area contributed by atoms with Gasteiger partial charge in [0.25, 0.3) is 0 Å². The van der Waals surface area contributed by atoms with E-state index in [9.17, 15) is 14.4 Å². The molecule has 0 aliphatic carbocycles. The van der Waals surface area contributed by atoms with Crippen LogP contribution < -0.4 is 10.6 Å². The Hall–Kier alpha value is -3.46. The zero-order chi connectivity index (χ0) is 27.2. The summed E-state index contributed by atoms with van der Waals surface area (Å²) in [5, 5.41) is 6.78. The summed E-state index contributed by atoms with van der Waals surface area (Å²) in [5.41, 5.74) is 0.739. The van der Waals surface area contributed by atoms with Crippen LogP contribution >= 0.6 is 23.2 Å². The van der Waals surface area contributed by atoms with E-state index in [2.05, 4.69) is 17.2 Å². The predicted molar refractivity (Wildman–Crippen MR) is 142 cm³/mol. The van der Waals surface area contributed by atoms with Crippen LogP contribution in [0.25, 0.3) is 0 Å². The number of hydrogen-bond donors (Lipinski definition) is 2. The molecular weight excluding hydrogens is 532 g/mol. The van der Waals surface area contributed by atoms with Gasteiger partial charge in [-0.1, -0.05) is 54.1 Å². The smallest absolute Gasteiger partial charge is 0.337 e. The molecule has 7 nitrogen and oxygen atoms in total. The van der Waals surface area contributed by atoms with Gasteiger partial charge in [0.1, 0.15) is 11.4 Å². The molecule has 10 heteroatoms. The topological polar surface area (TPSA) is 87.7 Å². The number of nitrogens with zero attached hydrogens (tertiary/aromatic N) is 1. The quantitative estimate of drug-likeness (QED) is 0.399. The molecule has 0 bridgehead atoms. The molecule has 2 N–H and O–H groups in total. The van der Waals surface area contributed by atoms with Crippen LogP contribution in [0.15, 0.2) is 78.1 Å². The Morgan fingerprint density at radius 3 is 2.68 bits per heavy atom. The molecule has 3 heterocycles. The van der Waals surface area contributed by atoms with Gasteiger partial charge in [-0.2, -0.15) is 0 Å². The minimum absolute atomic E-state index is 0.214. The van der Waals surface area contributed by atoms with Gasteiger partial charge in [-0.05, 0) is 42.0 Å². The van der Waals surface area contributed by atoms with Crippen molar-refractivity contribution in [1.82, 2.24) is 10.2 Å². The monoisotopic (exact) mass is 555 g/mol. The summed E-state index contributed by atoms with van der Waals surface area (Å²) in [6.07, 6.45) is 4.05. The van der Waals surface area contributed by atoms with Crippen LogP contribution in [0.3, 0.4) is 0 Å². The molecule has 2 amide bonds. The summed E-state index contributed by atoms with van der Waals surface area (Å²) in [7, 11) is 1.31. The Bertz CT molecular complexity index is 1410. The van der Waals surface area contributed by atoms with Crippen LogP contribution in [0.2, 0.25) is 5.02 Å². The van der Waals surface area contributed by atoms with E-state index in [-0.39, 0.29) is 24.0 Å². The van der Waals surface area contributed by atoms with Crippen molar-refractivity contribution in [3.05, 3.63) is 99.8 Å². The molecule has 2 aromatic rings. The fraction of sp³-hybridized carbons (Fsp3) is 0.250. The maximum atomic E-state index is 16.0. The maximum absolute atomic E-state index is 16.0. The van der Waals surface area contributed by atoms with Gasteiger partial charge < -0.3 is 15.0 Å². The summed E-state index contributed by atoms with van der Waals surface area (Å²) in [5.74, 6) is -3.74. The first kappa shape index (κ1) is 26.2. The molecule has 0 unspecified atom stereocenters. The van der Waals surface area contributed by atoms with Crippen LogP contribution in [-0.2, 0) is 26.4 Å². The summed E-state index contributed by atoms with van der Waals surface area (Å²) in [6.45, 7) is 4.10. The van der Waals surface area contributed by atoms with Gasteiger partial charge in [0, 0.05) is 40.4 Å². The molecule has 0 aromatic heterocycles. The number of ether oxygens (including phenoxy) is 1. The van der Waals surface area contributed by atoms with E-state index in [0.29, 0.717) is 21.8 Å². The summed E-state index contributed by atoms with van der Waals surface area (Å²) < 4.78 is 20.7. The molecule has 2 fully saturated rings. The highest BCUT2D eigenvalue weighted by molar-refractivity contribution is 6.31. The SMILES string of the molecule is C=C(Cl)/C=C\C=C(/F)[C@H]1[C@@H]2C(=O)N(Cc3ccc(C(=O)OC)cc3)C[C@@H]2N[C@@]12C(=O)Nc1cc(Cl)ccc12. The fourth-order valence-electron chi connectivity index (χ4n) is 5.70. The molecular formula is C28H24Cl2FN3O4. The van der Waals surface area contributed by atoms with Crippen molar-refractivity contribution in [2.24, 2.45) is 11.8 Å². The van der Waals surface area contributed by atoms with E-state index < -0.39 is 41.1 Å². The van der Waals surface area contributed by atoms with Gasteiger partial charge >= 0.3 is 5.97 Å². The number of allylic oxidation sites excluding steroid dienone is 4. The van der Waals surface area contributed by atoms with Crippen molar-refractivity contribution in [3.8, 4) is 0 Å². The van der Waals surface area contributed by atoms with E-state index in [0.717, 1.165) is 5.56 Å². The lowest BCUT2D eigenvalue weighted by atomic mass is 9.74. The van der Waals surface area contributed by atoms with Gasteiger partial charge in [-0.25, -0.2) is 9.18 Å². The van der Waals surface area contributed by atoms with Crippen molar-refractivity contribution in [3.63, 3.8) is 0 Å². The number of carbonyl (C=O) groups is 3. The third-order valence-corrected chi connectivity index (χ3v) is 7.64. The zero-order valence-corrected chi connectivity index (χ0v) is 21.9. The number of halogens is 3. The standard InChI is InChI=1S/C28H24Cl2FN3O4/c1-15(29)4-3-5-20(31)24-23-22(33-28(24)19-11-10-18(30)12-21(19)32-27(28)37)14-34(25(23)35)13-16-6-8-17(9-7-16)26(36)38-2/h3-12,22-24,33H,1,13-14H2,2H3,(H,32,37)/b4-3-,20-5-/t22-,23+,24-,28+/m0/s1. The van der Waals surface area contributed by atoms with E-state index in [4.69, 9.17) is 27.9 Å². The fourth-order valence-corrected chi connectivity index (χ4v) is 5.94. The summed E-state index contributed by atoms with van der Waals surface area (Å²) >= 11 is 11.9. The lowest BCUT2D eigenvalue weighted by molar-refractivity contribution is -0.133. The number of likely N-dealkylation sites (tertiary alicyclic amines) is 1. The van der Waals surface area contributed by atoms with Gasteiger partial charge in [-0.15, -0.1) is 0 Å². The van der Waals surface area contributed by atoms with Crippen LogP contribution in [-0.4, -0.2) is 42.4 Å². The van der Waals surface area contributed by atoms with Crippen molar-refractivity contribution >= 4 is 46.7 Å². The average Bonchev–Trinajstić information content (AvgIpc) is 3.47. The highest BCUT2D eigenvalue weighted by Gasteiger charge is 2.67. The average molecular weight is 556 g/mol. The minimum Gasteiger partial charge on any atom is -0.465 e. The molecule has 38 heavy (non-hydrogen) atoms. The first-order valence-corrected chi connectivity index (χ1v) is 12.6. The van der Waals surface area contributed by atoms with Crippen molar-refractivity contribution in [2.45, 2.75) is 18.1 Å². The number of amides is 2. The molecule has 4 atom stereocenters. The molecule has 3 aliphatic rings. The normalized spacial score (nSPS) is 26.2. The highest BCUT2D eigenvalue weighted by Crippen LogP contribution is 2.54. The van der Waals surface area contributed by atoms with Gasteiger partial charge in [0.2, 0.25) is 11.8 Å². The number of hydrogen-bond acceptors (Lipinski definition) is 5. The molecule has 2 saturated heterocycles. The van der Waals surface area contributed by atoms with E-state index in [1.807, 2.05) is 0 Å². The lowest BCUT2D eigenvalue weighted by Gasteiger charge is -2.32. The Balaban J connectivity index is 1.49. The number of nitrogens with one attached hydrogen (secondary N) is 2. The van der Waals surface area contributed by atoms with Crippen molar-refractivity contribution in [1.29, 1.82) is 0 Å².